The minimum absolute atomic E-state index is 0.405. The Morgan fingerprint density at radius 1 is 1.19 bits per heavy atom. The molecule has 0 unspecified atom stereocenters. The van der Waals surface area contributed by atoms with Gasteiger partial charge in [-0.25, -0.2) is 0 Å². The number of nitrogens with zero attached hydrogens (tertiary/aromatic N) is 1. The van der Waals surface area contributed by atoms with Gasteiger partial charge in [0, 0.05) is 11.5 Å². The largest absolute Gasteiger partial charge is 0.601 e. The van der Waals surface area contributed by atoms with Crippen molar-refractivity contribution in [3.8, 4) is 5.75 Å². The lowest BCUT2D eigenvalue weighted by atomic mass is 10.2. The monoisotopic (exact) mass is 218 g/mol. The van der Waals surface area contributed by atoms with Crippen LogP contribution in [0.4, 0.5) is 4.79 Å². The Hall–Kier alpha value is -2.10. The Kier molecular flexibility index (Phi) is 2.72. The highest BCUT2D eigenvalue weighted by atomic mass is 16.5. The summed E-state index contributed by atoms with van der Waals surface area (Å²) in [4.78, 5) is 11.3. The van der Waals surface area contributed by atoms with Crippen LogP contribution in [0.2, 0.25) is 0 Å². The summed E-state index contributed by atoms with van der Waals surface area (Å²) in [5.41, 5.74) is 0. The number of rotatable bonds is 1. The average molecular weight is 218 g/mol. The van der Waals surface area contributed by atoms with E-state index in [4.69, 9.17) is 4.74 Å². The fourth-order valence-corrected chi connectivity index (χ4v) is 1.51. The molecular formula is C12H12NO3+. The van der Waals surface area contributed by atoms with Gasteiger partial charge in [-0.1, -0.05) is 4.57 Å². The molecule has 1 heterocycles. The Bertz CT molecular complexity index is 537. The number of ether oxygens (including phenoxy) is 2. The highest BCUT2D eigenvalue weighted by Crippen LogP contribution is 2.18. The summed E-state index contributed by atoms with van der Waals surface area (Å²) in [5.74, 6) is 0.795. The lowest BCUT2D eigenvalue weighted by Crippen LogP contribution is -2.41. The third-order valence-corrected chi connectivity index (χ3v) is 2.37. The molecule has 4 heteroatoms. The van der Waals surface area contributed by atoms with Gasteiger partial charge in [0.2, 0.25) is 0 Å². The van der Waals surface area contributed by atoms with E-state index in [0.717, 1.165) is 16.5 Å². The quantitative estimate of drug-likeness (QED) is 0.684. The van der Waals surface area contributed by atoms with E-state index < -0.39 is 6.09 Å². The highest BCUT2D eigenvalue weighted by Gasteiger charge is 2.14. The molecule has 1 aromatic carbocycles. The first-order valence-corrected chi connectivity index (χ1v) is 4.82. The Morgan fingerprint density at radius 3 is 2.69 bits per heavy atom. The van der Waals surface area contributed by atoms with Crippen LogP contribution in [0.15, 0.2) is 36.7 Å². The second-order valence-corrected chi connectivity index (χ2v) is 3.32. The molecule has 4 nitrogen and oxygen atoms in total. The Labute approximate surface area is 93.0 Å². The van der Waals surface area contributed by atoms with Crippen molar-refractivity contribution in [1.82, 2.24) is 0 Å². The molecule has 0 N–H and O–H groups in total. The second-order valence-electron chi connectivity index (χ2n) is 3.32. The maximum Gasteiger partial charge on any atom is 0.601 e. The number of hydrogen-bond donors (Lipinski definition) is 0. The van der Waals surface area contributed by atoms with Gasteiger partial charge < -0.3 is 9.47 Å². The molecule has 2 rings (SSSR count). The molecule has 16 heavy (non-hydrogen) atoms. The molecule has 0 saturated heterocycles. The van der Waals surface area contributed by atoms with E-state index in [2.05, 4.69) is 4.74 Å². The van der Waals surface area contributed by atoms with Gasteiger partial charge in [0.15, 0.2) is 12.4 Å². The molecule has 0 radical (unpaired) electrons. The van der Waals surface area contributed by atoms with Crippen molar-refractivity contribution < 1.29 is 18.8 Å². The Morgan fingerprint density at radius 2 is 2.00 bits per heavy atom. The van der Waals surface area contributed by atoms with Gasteiger partial charge in [-0.05, 0) is 23.6 Å². The fourth-order valence-electron chi connectivity index (χ4n) is 1.51. The molecule has 0 fully saturated rings. The van der Waals surface area contributed by atoms with E-state index in [1.165, 1.54) is 11.7 Å². The summed E-state index contributed by atoms with van der Waals surface area (Å²) in [6, 6.07) is 7.50. The van der Waals surface area contributed by atoms with Crippen LogP contribution in [0, 0.1) is 0 Å². The zero-order chi connectivity index (χ0) is 11.5. The number of hydrogen-bond acceptors (Lipinski definition) is 3. The highest BCUT2D eigenvalue weighted by molar-refractivity contribution is 5.82. The van der Waals surface area contributed by atoms with Crippen molar-refractivity contribution >= 4 is 16.9 Å². The van der Waals surface area contributed by atoms with Crippen molar-refractivity contribution in [1.29, 1.82) is 0 Å². The molecule has 0 bridgehead atoms. The number of methoxy groups -OCH3 is 2. The molecule has 1 aromatic heterocycles. The summed E-state index contributed by atoms with van der Waals surface area (Å²) >= 11 is 0. The van der Waals surface area contributed by atoms with Gasteiger partial charge in [-0.3, -0.25) is 0 Å². The maximum absolute atomic E-state index is 11.3. The molecule has 0 aliphatic carbocycles. The molecular weight excluding hydrogens is 206 g/mol. The topological polar surface area (TPSA) is 39.4 Å². The van der Waals surface area contributed by atoms with Crippen LogP contribution in [-0.2, 0) is 4.74 Å². The van der Waals surface area contributed by atoms with E-state index in [-0.39, 0.29) is 0 Å². The minimum atomic E-state index is -0.405. The SMILES string of the molecule is COC(=O)[n+]1ccc2cc(OC)ccc2c1. The van der Waals surface area contributed by atoms with Crippen LogP contribution in [-0.4, -0.2) is 20.3 Å². The van der Waals surface area contributed by atoms with Crippen LogP contribution in [0.5, 0.6) is 5.75 Å². The minimum Gasteiger partial charge on any atom is -0.497 e. The Balaban J connectivity index is 2.51. The first kappa shape index (κ1) is 10.4. The lowest BCUT2D eigenvalue weighted by Gasteiger charge is -2.00. The number of fused-ring (bicyclic) bond motifs is 1. The molecule has 0 saturated carbocycles. The van der Waals surface area contributed by atoms with Gasteiger partial charge in [-0.15, -0.1) is 0 Å². The average Bonchev–Trinajstić information content (AvgIpc) is 2.36. The van der Waals surface area contributed by atoms with Gasteiger partial charge in [0.05, 0.1) is 14.2 Å². The zero-order valence-corrected chi connectivity index (χ0v) is 9.14. The van der Waals surface area contributed by atoms with Crippen molar-refractivity contribution in [3.63, 3.8) is 0 Å². The summed E-state index contributed by atoms with van der Waals surface area (Å²) in [7, 11) is 2.98. The fraction of sp³-hybridized carbons (Fsp3) is 0.167. The maximum atomic E-state index is 11.3. The number of carbonyl (C=O) groups is 1. The van der Waals surface area contributed by atoms with Crippen LogP contribution in [0.1, 0.15) is 0 Å². The predicted octanol–water partition coefficient (Wildman–Crippen LogP) is 1.75. The summed E-state index contributed by atoms with van der Waals surface area (Å²) in [6.07, 6.45) is 2.98. The standard InChI is InChI=1S/C12H12NO3/c1-15-11-4-3-10-8-13(12(14)16-2)6-5-9(10)7-11/h3-8H,1-2H3/q+1. The molecule has 0 atom stereocenters. The van der Waals surface area contributed by atoms with Crippen molar-refractivity contribution in [3.05, 3.63) is 36.7 Å². The van der Waals surface area contributed by atoms with E-state index in [1.807, 2.05) is 24.3 Å². The van der Waals surface area contributed by atoms with E-state index in [1.54, 1.807) is 19.5 Å². The van der Waals surface area contributed by atoms with E-state index >= 15 is 0 Å². The van der Waals surface area contributed by atoms with Gasteiger partial charge >= 0.3 is 6.09 Å². The first-order chi connectivity index (χ1) is 7.74. The number of aromatic nitrogens is 1. The van der Waals surface area contributed by atoms with Crippen LogP contribution >= 0.6 is 0 Å². The van der Waals surface area contributed by atoms with Gasteiger partial charge in [0.25, 0.3) is 0 Å². The predicted molar refractivity (Wildman–Crippen MR) is 58.5 cm³/mol. The van der Waals surface area contributed by atoms with E-state index in [0.29, 0.717) is 0 Å². The van der Waals surface area contributed by atoms with Gasteiger partial charge in [-0.2, -0.15) is 4.79 Å². The summed E-state index contributed by atoms with van der Waals surface area (Å²) in [5, 5.41) is 1.97. The van der Waals surface area contributed by atoms with E-state index in [9.17, 15) is 4.79 Å². The van der Waals surface area contributed by atoms with Gasteiger partial charge in [0.1, 0.15) is 5.75 Å². The third kappa shape index (κ3) is 1.82. The van der Waals surface area contributed by atoms with Crippen LogP contribution < -0.4 is 9.30 Å². The van der Waals surface area contributed by atoms with Crippen molar-refractivity contribution in [2.45, 2.75) is 0 Å². The van der Waals surface area contributed by atoms with Crippen molar-refractivity contribution in [2.75, 3.05) is 14.2 Å². The first-order valence-electron chi connectivity index (χ1n) is 4.82. The summed E-state index contributed by atoms with van der Waals surface area (Å²) < 4.78 is 11.1. The lowest BCUT2D eigenvalue weighted by molar-refractivity contribution is -0.583. The van der Waals surface area contributed by atoms with Crippen LogP contribution in [0.3, 0.4) is 0 Å². The smallest absolute Gasteiger partial charge is 0.497 e. The third-order valence-electron chi connectivity index (χ3n) is 2.37. The number of pyridine rings is 1. The van der Waals surface area contributed by atoms with Crippen LogP contribution in [0.25, 0.3) is 10.8 Å². The molecule has 2 aromatic rings. The number of benzene rings is 1. The molecule has 0 spiro atoms. The summed E-state index contributed by atoms with van der Waals surface area (Å²) in [6.45, 7) is 0. The molecule has 0 amide bonds. The normalized spacial score (nSPS) is 10.1. The molecule has 0 aliphatic rings. The molecule has 82 valence electrons. The number of carbonyl (C=O) groups excluding carboxylic acids is 1. The molecule has 0 aliphatic heterocycles. The second kappa shape index (κ2) is 4.18. The zero-order valence-electron chi connectivity index (χ0n) is 9.14. The van der Waals surface area contributed by atoms with Crippen molar-refractivity contribution in [2.24, 2.45) is 0 Å².